The van der Waals surface area contributed by atoms with E-state index in [0.717, 1.165) is 25.7 Å². The first-order valence-corrected chi connectivity index (χ1v) is 8.90. The number of carboxylic acid groups (broad SMARTS) is 1. The SMILES string of the molecule is CC(C)CN(NC(=O)NC1CCCC1)c1ccnc(C#N)n1.O=C(O)C(F)(F)F. The molecule has 1 aromatic rings. The van der Waals surface area contributed by atoms with Gasteiger partial charge in [0.15, 0.2) is 5.82 Å². The minimum absolute atomic E-state index is 0.0873. The lowest BCUT2D eigenvalue weighted by atomic mass is 10.2. The number of carbonyl (C=O) groups excluding carboxylic acids is 1. The van der Waals surface area contributed by atoms with Crippen LogP contribution in [0.4, 0.5) is 23.8 Å². The Morgan fingerprint density at radius 3 is 2.45 bits per heavy atom. The van der Waals surface area contributed by atoms with Gasteiger partial charge < -0.3 is 10.4 Å². The van der Waals surface area contributed by atoms with Gasteiger partial charge in [-0.25, -0.2) is 20.0 Å². The molecule has 1 fully saturated rings. The molecule has 0 bridgehead atoms. The second kappa shape index (κ2) is 11.0. The third kappa shape index (κ3) is 9.09. The van der Waals surface area contributed by atoms with Gasteiger partial charge in [-0.2, -0.15) is 23.4 Å². The van der Waals surface area contributed by atoms with Crippen molar-refractivity contribution in [3.05, 3.63) is 18.1 Å². The summed E-state index contributed by atoms with van der Waals surface area (Å²) in [5.41, 5.74) is 2.83. The lowest BCUT2D eigenvalue weighted by Gasteiger charge is -2.26. The molecular weight excluding hydrogens is 393 g/mol. The summed E-state index contributed by atoms with van der Waals surface area (Å²) in [5.74, 6) is -1.83. The van der Waals surface area contributed by atoms with Gasteiger partial charge in [0.05, 0.1) is 0 Å². The first-order valence-electron chi connectivity index (χ1n) is 8.90. The standard InChI is InChI=1S/C15H22N6O.C2HF3O2/c1-11(2)10-21(14-7-8-17-13(9-16)19-14)20-15(22)18-12-5-3-4-6-12;3-2(4,5)1(6)7/h7-8,11-12H,3-6,10H2,1-2H3,(H2,18,20,22);(H,6,7). The number of hydrazine groups is 1. The summed E-state index contributed by atoms with van der Waals surface area (Å²) in [6.45, 7) is 4.70. The highest BCUT2D eigenvalue weighted by Gasteiger charge is 2.38. The molecule has 0 spiro atoms. The average molecular weight is 416 g/mol. The Balaban J connectivity index is 0.000000516. The Bertz CT molecular complexity index is 730. The Morgan fingerprint density at radius 2 is 1.97 bits per heavy atom. The van der Waals surface area contributed by atoms with E-state index in [1.54, 1.807) is 11.1 Å². The highest BCUT2D eigenvalue weighted by Crippen LogP contribution is 2.17. The van der Waals surface area contributed by atoms with Crippen LogP contribution in [-0.2, 0) is 4.79 Å². The van der Waals surface area contributed by atoms with Gasteiger partial charge in [0.1, 0.15) is 6.07 Å². The molecule has 1 aliphatic carbocycles. The van der Waals surface area contributed by atoms with Crippen LogP contribution in [0.1, 0.15) is 45.4 Å². The topological polar surface area (TPSA) is 131 Å². The molecule has 12 heteroatoms. The molecule has 3 N–H and O–H groups in total. The number of nitrogens with zero attached hydrogens (tertiary/aromatic N) is 4. The van der Waals surface area contributed by atoms with E-state index in [9.17, 15) is 18.0 Å². The molecule has 0 radical (unpaired) electrons. The van der Waals surface area contributed by atoms with Gasteiger partial charge in [0, 0.05) is 24.8 Å². The summed E-state index contributed by atoms with van der Waals surface area (Å²) in [6.07, 6.45) is 0.828. The average Bonchev–Trinajstić information content (AvgIpc) is 3.13. The molecule has 0 aromatic carbocycles. The van der Waals surface area contributed by atoms with Gasteiger partial charge in [-0.05, 0) is 18.8 Å². The molecule has 0 aliphatic heterocycles. The summed E-state index contributed by atoms with van der Waals surface area (Å²) in [7, 11) is 0. The Kier molecular flexibility index (Phi) is 9.11. The van der Waals surface area contributed by atoms with Gasteiger partial charge >= 0.3 is 18.2 Å². The van der Waals surface area contributed by atoms with Crippen LogP contribution in [0.3, 0.4) is 0 Å². The molecule has 0 unspecified atom stereocenters. The lowest BCUT2D eigenvalue weighted by Crippen LogP contribution is -2.51. The molecule has 0 atom stereocenters. The van der Waals surface area contributed by atoms with Crippen molar-refractivity contribution in [2.24, 2.45) is 5.92 Å². The predicted molar refractivity (Wildman–Crippen MR) is 96.5 cm³/mol. The molecule has 0 saturated heterocycles. The summed E-state index contributed by atoms with van der Waals surface area (Å²) < 4.78 is 31.7. The molecule has 1 aliphatic rings. The summed E-state index contributed by atoms with van der Waals surface area (Å²) in [6, 6.07) is 3.61. The fraction of sp³-hybridized carbons (Fsp3) is 0.588. The van der Waals surface area contributed by atoms with Gasteiger partial charge in [-0.1, -0.05) is 26.7 Å². The minimum Gasteiger partial charge on any atom is -0.475 e. The first kappa shape index (κ1) is 23.9. The maximum absolute atomic E-state index is 12.1. The number of rotatable bonds is 5. The first-order chi connectivity index (χ1) is 13.5. The van der Waals surface area contributed by atoms with Crippen LogP contribution in [0, 0.1) is 17.2 Å². The number of hydrogen-bond donors (Lipinski definition) is 3. The van der Waals surface area contributed by atoms with Gasteiger partial charge in [-0.15, -0.1) is 0 Å². The van der Waals surface area contributed by atoms with Crippen molar-refractivity contribution >= 4 is 17.8 Å². The van der Waals surface area contributed by atoms with Crippen molar-refractivity contribution in [3.8, 4) is 6.07 Å². The van der Waals surface area contributed by atoms with Crippen LogP contribution >= 0.6 is 0 Å². The quantitative estimate of drug-likeness (QED) is 0.629. The number of aliphatic carboxylic acids is 1. The number of carboxylic acids is 1. The second-order valence-corrected chi connectivity index (χ2v) is 6.72. The number of hydrogen-bond acceptors (Lipinski definition) is 6. The maximum Gasteiger partial charge on any atom is 0.490 e. The normalized spacial score (nSPS) is 13.8. The monoisotopic (exact) mass is 416 g/mol. The Morgan fingerprint density at radius 1 is 1.38 bits per heavy atom. The fourth-order valence-corrected chi connectivity index (χ4v) is 2.53. The summed E-state index contributed by atoms with van der Waals surface area (Å²) in [4.78, 5) is 29.0. The zero-order valence-corrected chi connectivity index (χ0v) is 16.0. The van der Waals surface area contributed by atoms with Crippen molar-refractivity contribution in [1.29, 1.82) is 5.26 Å². The molecule has 2 rings (SSSR count). The number of halogens is 3. The van der Waals surface area contributed by atoms with E-state index in [4.69, 9.17) is 15.2 Å². The number of anilines is 1. The zero-order chi connectivity index (χ0) is 22.0. The van der Waals surface area contributed by atoms with E-state index in [2.05, 4.69) is 34.6 Å². The van der Waals surface area contributed by atoms with Crippen LogP contribution in [0.2, 0.25) is 0 Å². The van der Waals surface area contributed by atoms with E-state index < -0.39 is 12.1 Å². The number of nitriles is 1. The van der Waals surface area contributed by atoms with Crippen LogP contribution in [-0.4, -0.2) is 45.8 Å². The molecule has 9 nitrogen and oxygen atoms in total. The van der Waals surface area contributed by atoms with Crippen LogP contribution in [0.25, 0.3) is 0 Å². The smallest absolute Gasteiger partial charge is 0.475 e. The number of urea groups is 1. The molecule has 1 aromatic heterocycles. The van der Waals surface area contributed by atoms with Crippen molar-refractivity contribution in [3.63, 3.8) is 0 Å². The third-order valence-electron chi connectivity index (χ3n) is 3.73. The third-order valence-corrected chi connectivity index (χ3v) is 3.73. The Labute approximate surface area is 165 Å². The van der Waals surface area contributed by atoms with Gasteiger partial charge in [-0.3, -0.25) is 5.01 Å². The molecule has 1 saturated carbocycles. The predicted octanol–water partition coefficient (Wildman–Crippen LogP) is 2.60. The zero-order valence-electron chi connectivity index (χ0n) is 16.0. The van der Waals surface area contributed by atoms with E-state index >= 15 is 0 Å². The van der Waals surface area contributed by atoms with E-state index in [1.807, 2.05) is 6.07 Å². The van der Waals surface area contributed by atoms with Crippen molar-refractivity contribution < 1.29 is 27.9 Å². The van der Waals surface area contributed by atoms with Crippen molar-refractivity contribution in [2.75, 3.05) is 11.6 Å². The van der Waals surface area contributed by atoms with E-state index in [-0.39, 0.29) is 17.9 Å². The Hall–Kier alpha value is -3.10. The largest absolute Gasteiger partial charge is 0.490 e. The number of amides is 2. The second-order valence-electron chi connectivity index (χ2n) is 6.72. The molecule has 2 amide bonds. The minimum atomic E-state index is -5.08. The lowest BCUT2D eigenvalue weighted by molar-refractivity contribution is -0.192. The van der Waals surface area contributed by atoms with Crippen LogP contribution in [0.15, 0.2) is 12.3 Å². The van der Waals surface area contributed by atoms with E-state index in [0.29, 0.717) is 18.3 Å². The maximum atomic E-state index is 12.1. The number of carbonyl (C=O) groups is 2. The van der Waals surface area contributed by atoms with Crippen LogP contribution < -0.4 is 15.8 Å². The highest BCUT2D eigenvalue weighted by molar-refractivity contribution is 5.76. The fourth-order valence-electron chi connectivity index (χ4n) is 2.53. The molecular formula is C17H23F3N6O3. The van der Waals surface area contributed by atoms with E-state index in [1.165, 1.54) is 6.20 Å². The van der Waals surface area contributed by atoms with Crippen LogP contribution in [0.5, 0.6) is 0 Å². The van der Waals surface area contributed by atoms with Crippen molar-refractivity contribution in [1.82, 2.24) is 20.7 Å². The van der Waals surface area contributed by atoms with Gasteiger partial charge in [0.25, 0.3) is 0 Å². The molecule has 160 valence electrons. The summed E-state index contributed by atoms with van der Waals surface area (Å²) >= 11 is 0. The highest BCUT2D eigenvalue weighted by atomic mass is 19.4. The molecule has 29 heavy (non-hydrogen) atoms. The van der Waals surface area contributed by atoms with Gasteiger partial charge in [0.2, 0.25) is 5.82 Å². The van der Waals surface area contributed by atoms with Crippen molar-refractivity contribution in [2.45, 2.75) is 51.7 Å². The molecule has 1 heterocycles. The number of nitrogens with one attached hydrogen (secondary N) is 2. The number of alkyl halides is 3. The summed E-state index contributed by atoms with van der Waals surface area (Å²) in [5, 5.41) is 20.7. The number of aromatic nitrogens is 2.